The van der Waals surface area contributed by atoms with Gasteiger partial charge in [-0.1, -0.05) is 24.3 Å². The van der Waals surface area contributed by atoms with Crippen molar-refractivity contribution in [3.63, 3.8) is 0 Å². The Labute approximate surface area is 162 Å². The summed E-state index contributed by atoms with van der Waals surface area (Å²) >= 11 is 0. The Morgan fingerprint density at radius 2 is 1.86 bits per heavy atom. The molecule has 0 N–H and O–H groups in total. The predicted octanol–water partition coefficient (Wildman–Crippen LogP) is 2.95. The van der Waals surface area contributed by atoms with Crippen LogP contribution < -0.4 is 4.74 Å². The van der Waals surface area contributed by atoms with Crippen molar-refractivity contribution in [2.75, 3.05) is 11.5 Å². The number of sulfone groups is 1. The molecule has 1 fully saturated rings. The number of benzene rings is 2. The Hall–Kier alpha value is -2.48. The smallest absolute Gasteiger partial charge is 0.263 e. The van der Waals surface area contributed by atoms with E-state index in [1.165, 1.54) is 42.2 Å². The lowest BCUT2D eigenvalue weighted by molar-refractivity contribution is -0.140. The second-order valence-electron chi connectivity index (χ2n) is 6.84. The van der Waals surface area contributed by atoms with Gasteiger partial charge >= 0.3 is 0 Å². The molecule has 1 amide bonds. The van der Waals surface area contributed by atoms with E-state index in [1.54, 1.807) is 18.2 Å². The van der Waals surface area contributed by atoms with Gasteiger partial charge in [-0.25, -0.2) is 17.2 Å². The van der Waals surface area contributed by atoms with Crippen LogP contribution in [0.15, 0.2) is 48.5 Å². The fraction of sp³-hybridized carbons (Fsp3) is 0.350. The number of para-hydroxylation sites is 1. The van der Waals surface area contributed by atoms with E-state index < -0.39 is 39.5 Å². The van der Waals surface area contributed by atoms with Crippen LogP contribution in [0.2, 0.25) is 0 Å². The molecule has 0 unspecified atom stereocenters. The summed E-state index contributed by atoms with van der Waals surface area (Å²) in [5, 5.41) is 0. The monoisotopic (exact) mass is 409 g/mol. The number of hydrogen-bond donors (Lipinski definition) is 0. The van der Waals surface area contributed by atoms with E-state index in [1.807, 2.05) is 0 Å². The van der Waals surface area contributed by atoms with Gasteiger partial charge in [0.05, 0.1) is 11.5 Å². The van der Waals surface area contributed by atoms with Crippen LogP contribution in [-0.4, -0.2) is 42.9 Å². The van der Waals surface area contributed by atoms with Crippen molar-refractivity contribution in [2.45, 2.75) is 32.0 Å². The molecule has 5 nitrogen and oxygen atoms in total. The molecule has 1 aliphatic rings. The number of rotatable bonds is 6. The van der Waals surface area contributed by atoms with Gasteiger partial charge in [-0.05, 0) is 43.2 Å². The average molecular weight is 409 g/mol. The minimum absolute atomic E-state index is 0.00736. The summed E-state index contributed by atoms with van der Waals surface area (Å²) in [6.45, 7) is 1.61. The van der Waals surface area contributed by atoms with E-state index in [0.717, 1.165) is 0 Å². The number of carbonyl (C=O) groups is 1. The van der Waals surface area contributed by atoms with Gasteiger partial charge in [0.25, 0.3) is 5.91 Å². The van der Waals surface area contributed by atoms with Gasteiger partial charge in [0.1, 0.15) is 5.82 Å². The summed E-state index contributed by atoms with van der Waals surface area (Å²) in [5.74, 6) is -1.62. The molecular weight excluding hydrogens is 388 g/mol. The van der Waals surface area contributed by atoms with Gasteiger partial charge in [0.15, 0.2) is 27.5 Å². The fourth-order valence-corrected chi connectivity index (χ4v) is 4.94. The topological polar surface area (TPSA) is 63.7 Å². The SMILES string of the molecule is C[C@@H](Oc1ccccc1F)C(=O)N(Cc1ccc(F)cc1)[C@@H]1CCS(=O)(=O)C1. The highest BCUT2D eigenvalue weighted by molar-refractivity contribution is 7.91. The van der Waals surface area contributed by atoms with Crippen LogP contribution in [0.5, 0.6) is 5.75 Å². The zero-order chi connectivity index (χ0) is 20.3. The maximum absolute atomic E-state index is 13.8. The zero-order valence-corrected chi connectivity index (χ0v) is 16.2. The van der Waals surface area contributed by atoms with E-state index in [9.17, 15) is 22.0 Å². The zero-order valence-electron chi connectivity index (χ0n) is 15.3. The third kappa shape index (κ3) is 4.86. The molecule has 1 heterocycles. The van der Waals surface area contributed by atoms with Gasteiger partial charge in [-0.2, -0.15) is 0 Å². The summed E-state index contributed by atoms with van der Waals surface area (Å²) < 4.78 is 56.3. The predicted molar refractivity (Wildman–Crippen MR) is 100 cm³/mol. The minimum Gasteiger partial charge on any atom is -0.478 e. The summed E-state index contributed by atoms with van der Waals surface area (Å²) in [7, 11) is -3.22. The molecular formula is C20H21F2NO4S. The van der Waals surface area contributed by atoms with Crippen molar-refractivity contribution in [1.29, 1.82) is 0 Å². The van der Waals surface area contributed by atoms with Gasteiger partial charge < -0.3 is 9.64 Å². The number of ether oxygens (including phenoxy) is 1. The maximum Gasteiger partial charge on any atom is 0.263 e. The van der Waals surface area contributed by atoms with Crippen molar-refractivity contribution in [1.82, 2.24) is 4.90 Å². The highest BCUT2D eigenvalue weighted by Crippen LogP contribution is 2.23. The van der Waals surface area contributed by atoms with Crippen LogP contribution in [0.3, 0.4) is 0 Å². The average Bonchev–Trinajstić information content (AvgIpc) is 3.02. The van der Waals surface area contributed by atoms with Gasteiger partial charge in [0.2, 0.25) is 0 Å². The second kappa shape index (κ2) is 8.26. The third-order valence-corrected chi connectivity index (χ3v) is 6.44. The summed E-state index contributed by atoms with van der Waals surface area (Å²) in [6.07, 6.45) is -0.692. The molecule has 0 saturated carbocycles. The quantitative estimate of drug-likeness (QED) is 0.736. The molecule has 1 aliphatic heterocycles. The molecule has 0 bridgehead atoms. The molecule has 0 spiro atoms. The maximum atomic E-state index is 13.8. The van der Waals surface area contributed by atoms with Crippen LogP contribution >= 0.6 is 0 Å². The minimum atomic E-state index is -3.22. The largest absolute Gasteiger partial charge is 0.478 e. The van der Waals surface area contributed by atoms with E-state index in [-0.39, 0.29) is 23.8 Å². The normalized spacial score (nSPS) is 19.2. The highest BCUT2D eigenvalue weighted by Gasteiger charge is 2.36. The van der Waals surface area contributed by atoms with E-state index >= 15 is 0 Å². The summed E-state index contributed by atoms with van der Waals surface area (Å²) in [4.78, 5) is 14.5. The van der Waals surface area contributed by atoms with E-state index in [2.05, 4.69) is 0 Å². The van der Waals surface area contributed by atoms with Crippen molar-refractivity contribution in [2.24, 2.45) is 0 Å². The molecule has 0 radical (unpaired) electrons. The first-order chi connectivity index (χ1) is 13.2. The Bertz CT molecular complexity index is 947. The van der Waals surface area contributed by atoms with Crippen molar-refractivity contribution in [3.05, 3.63) is 65.7 Å². The van der Waals surface area contributed by atoms with Gasteiger partial charge in [0, 0.05) is 12.6 Å². The molecule has 2 atom stereocenters. The Balaban J connectivity index is 1.81. The molecule has 150 valence electrons. The third-order valence-electron chi connectivity index (χ3n) is 4.69. The molecule has 1 saturated heterocycles. The van der Waals surface area contributed by atoms with Gasteiger partial charge in [-0.15, -0.1) is 0 Å². The number of nitrogens with zero attached hydrogens (tertiary/aromatic N) is 1. The second-order valence-corrected chi connectivity index (χ2v) is 9.07. The van der Waals surface area contributed by atoms with Crippen molar-refractivity contribution >= 4 is 15.7 Å². The van der Waals surface area contributed by atoms with Crippen LogP contribution in [0.1, 0.15) is 18.9 Å². The molecule has 0 aliphatic carbocycles. The lowest BCUT2D eigenvalue weighted by Gasteiger charge is -2.31. The van der Waals surface area contributed by atoms with Crippen LogP contribution in [0, 0.1) is 11.6 Å². The Morgan fingerprint density at radius 1 is 1.18 bits per heavy atom. The molecule has 3 rings (SSSR count). The number of hydrogen-bond acceptors (Lipinski definition) is 4. The molecule has 8 heteroatoms. The Kier molecular flexibility index (Phi) is 5.98. The molecule has 28 heavy (non-hydrogen) atoms. The number of halogens is 2. The number of carbonyl (C=O) groups excluding carboxylic acids is 1. The highest BCUT2D eigenvalue weighted by atomic mass is 32.2. The lowest BCUT2D eigenvalue weighted by Crippen LogP contribution is -2.46. The van der Waals surface area contributed by atoms with E-state index in [0.29, 0.717) is 12.0 Å². The molecule has 2 aromatic rings. The first kappa shape index (κ1) is 20.3. The van der Waals surface area contributed by atoms with Crippen LogP contribution in [0.25, 0.3) is 0 Å². The van der Waals surface area contributed by atoms with Crippen molar-refractivity contribution < 1.29 is 26.7 Å². The Morgan fingerprint density at radius 3 is 2.46 bits per heavy atom. The summed E-state index contributed by atoms with van der Waals surface area (Å²) in [6, 6.07) is 10.9. The first-order valence-corrected chi connectivity index (χ1v) is 10.7. The van der Waals surface area contributed by atoms with E-state index in [4.69, 9.17) is 4.74 Å². The van der Waals surface area contributed by atoms with Crippen molar-refractivity contribution in [3.8, 4) is 5.75 Å². The van der Waals surface area contributed by atoms with Gasteiger partial charge in [-0.3, -0.25) is 4.79 Å². The first-order valence-electron chi connectivity index (χ1n) is 8.92. The standard InChI is InChI=1S/C20H21F2NO4S/c1-14(27-19-5-3-2-4-18(19)22)20(24)23(17-10-11-28(25,26)13-17)12-15-6-8-16(21)9-7-15/h2-9,14,17H,10-13H2,1H3/t14-,17-/m1/s1. The lowest BCUT2D eigenvalue weighted by atomic mass is 10.1. The molecule has 0 aromatic heterocycles. The van der Waals surface area contributed by atoms with Crippen LogP contribution in [0.4, 0.5) is 8.78 Å². The summed E-state index contributed by atoms with van der Waals surface area (Å²) in [5.41, 5.74) is 0.664. The van der Waals surface area contributed by atoms with Crippen LogP contribution in [-0.2, 0) is 21.2 Å². The number of amides is 1. The molecule has 2 aromatic carbocycles. The fourth-order valence-electron chi connectivity index (χ4n) is 3.21.